The quantitative estimate of drug-likeness (QED) is 0.233. The zero-order valence-electron chi connectivity index (χ0n) is 16.2. The molecule has 0 fully saturated rings. The van der Waals surface area contributed by atoms with Gasteiger partial charge >= 0.3 is 6.09 Å². The fourth-order valence-electron chi connectivity index (χ4n) is 1.99. The standard InChI is InChI=1S/C18H30N4O2S.HI/c1-18(2,3)24-17(23)22-15-8-6-14(7-9-15)10-11-20-16(19-4)21-12-13-25-5;/h6-9H,10-13H2,1-5H3,(H,22,23)(H2,19,20,21);1H. The number of thioether (sulfide) groups is 1. The molecular weight excluding hydrogens is 463 g/mol. The molecule has 0 unspecified atom stereocenters. The van der Waals surface area contributed by atoms with E-state index in [1.807, 2.05) is 45.0 Å². The van der Waals surface area contributed by atoms with Crippen LogP contribution < -0.4 is 16.0 Å². The van der Waals surface area contributed by atoms with Crippen molar-refractivity contribution in [3.8, 4) is 0 Å². The van der Waals surface area contributed by atoms with Gasteiger partial charge in [0.05, 0.1) is 0 Å². The van der Waals surface area contributed by atoms with Crippen LogP contribution in [-0.4, -0.2) is 49.8 Å². The third-order valence-electron chi connectivity index (χ3n) is 3.13. The summed E-state index contributed by atoms with van der Waals surface area (Å²) in [6.45, 7) is 7.20. The lowest BCUT2D eigenvalue weighted by Gasteiger charge is -2.19. The molecule has 0 heterocycles. The average Bonchev–Trinajstić information content (AvgIpc) is 2.53. The van der Waals surface area contributed by atoms with Crippen molar-refractivity contribution in [2.75, 3.05) is 37.5 Å². The number of hydrogen-bond donors (Lipinski definition) is 3. The van der Waals surface area contributed by atoms with Crippen LogP contribution in [0.25, 0.3) is 0 Å². The van der Waals surface area contributed by atoms with Crippen LogP contribution in [0.15, 0.2) is 29.3 Å². The first kappa shape index (κ1) is 24.8. The van der Waals surface area contributed by atoms with Crippen LogP contribution in [-0.2, 0) is 11.2 Å². The number of aliphatic imine (C=N–C) groups is 1. The summed E-state index contributed by atoms with van der Waals surface area (Å²) in [7, 11) is 1.77. The zero-order chi connectivity index (χ0) is 18.7. The first-order valence-corrected chi connectivity index (χ1v) is 9.76. The number of guanidine groups is 1. The molecule has 0 aliphatic carbocycles. The lowest BCUT2D eigenvalue weighted by atomic mass is 10.1. The number of rotatable bonds is 7. The molecule has 1 rings (SSSR count). The normalized spacial score (nSPS) is 11.3. The monoisotopic (exact) mass is 494 g/mol. The molecular formula is C18H31IN4O2S. The number of ether oxygens (including phenoxy) is 1. The minimum atomic E-state index is -0.502. The summed E-state index contributed by atoms with van der Waals surface area (Å²) in [5.74, 6) is 1.87. The van der Waals surface area contributed by atoms with Crippen LogP contribution in [0.4, 0.5) is 10.5 Å². The van der Waals surface area contributed by atoms with Crippen molar-refractivity contribution in [2.45, 2.75) is 32.8 Å². The van der Waals surface area contributed by atoms with Crippen LogP contribution in [0.5, 0.6) is 0 Å². The van der Waals surface area contributed by atoms with Gasteiger partial charge in [-0.25, -0.2) is 4.79 Å². The van der Waals surface area contributed by atoms with Crippen molar-refractivity contribution >= 4 is 53.5 Å². The highest BCUT2D eigenvalue weighted by molar-refractivity contribution is 14.0. The van der Waals surface area contributed by atoms with E-state index in [1.165, 1.54) is 5.56 Å². The number of anilines is 1. The maximum absolute atomic E-state index is 11.7. The molecule has 1 amide bonds. The summed E-state index contributed by atoms with van der Waals surface area (Å²) in [6, 6.07) is 7.76. The lowest BCUT2D eigenvalue weighted by molar-refractivity contribution is 0.0636. The Labute approximate surface area is 178 Å². The van der Waals surface area contributed by atoms with E-state index >= 15 is 0 Å². The van der Waals surface area contributed by atoms with Gasteiger partial charge in [-0.1, -0.05) is 12.1 Å². The Morgan fingerprint density at radius 1 is 1.15 bits per heavy atom. The Morgan fingerprint density at radius 2 is 1.77 bits per heavy atom. The largest absolute Gasteiger partial charge is 0.444 e. The van der Waals surface area contributed by atoms with Crippen LogP contribution in [0, 0.1) is 0 Å². The van der Waals surface area contributed by atoms with Gasteiger partial charge in [0.2, 0.25) is 0 Å². The third kappa shape index (κ3) is 11.5. The van der Waals surface area contributed by atoms with Gasteiger partial charge in [0.25, 0.3) is 0 Å². The van der Waals surface area contributed by atoms with E-state index < -0.39 is 11.7 Å². The first-order valence-electron chi connectivity index (χ1n) is 8.36. The van der Waals surface area contributed by atoms with E-state index in [2.05, 4.69) is 27.2 Å². The molecule has 3 N–H and O–H groups in total. The summed E-state index contributed by atoms with van der Waals surface area (Å²) in [5.41, 5.74) is 1.40. The van der Waals surface area contributed by atoms with Crippen molar-refractivity contribution < 1.29 is 9.53 Å². The predicted octanol–water partition coefficient (Wildman–Crippen LogP) is 3.72. The summed E-state index contributed by atoms with van der Waals surface area (Å²) in [6.07, 6.45) is 2.51. The van der Waals surface area contributed by atoms with E-state index in [0.29, 0.717) is 0 Å². The second kappa shape index (κ2) is 13.1. The second-order valence-electron chi connectivity index (χ2n) is 6.49. The van der Waals surface area contributed by atoms with Gasteiger partial charge in [0, 0.05) is 31.6 Å². The number of carbonyl (C=O) groups excluding carboxylic acids is 1. The molecule has 0 aromatic heterocycles. The van der Waals surface area contributed by atoms with Crippen LogP contribution in [0.1, 0.15) is 26.3 Å². The van der Waals surface area contributed by atoms with Crippen molar-refractivity contribution in [2.24, 2.45) is 4.99 Å². The number of carbonyl (C=O) groups is 1. The van der Waals surface area contributed by atoms with E-state index in [-0.39, 0.29) is 24.0 Å². The van der Waals surface area contributed by atoms with Gasteiger partial charge in [0.15, 0.2) is 5.96 Å². The molecule has 1 aromatic carbocycles. The topological polar surface area (TPSA) is 74.8 Å². The Morgan fingerprint density at radius 3 is 2.31 bits per heavy atom. The highest BCUT2D eigenvalue weighted by Gasteiger charge is 2.15. The van der Waals surface area contributed by atoms with Gasteiger partial charge in [-0.15, -0.1) is 24.0 Å². The number of halogens is 1. The molecule has 0 atom stereocenters. The van der Waals surface area contributed by atoms with Gasteiger partial charge in [-0.2, -0.15) is 11.8 Å². The van der Waals surface area contributed by atoms with Crippen molar-refractivity contribution in [3.05, 3.63) is 29.8 Å². The SMILES string of the molecule is CN=C(NCCSC)NCCc1ccc(NC(=O)OC(C)(C)C)cc1.I. The maximum Gasteiger partial charge on any atom is 0.412 e. The Hall–Kier alpha value is -1.16. The fourth-order valence-corrected chi connectivity index (χ4v) is 2.30. The molecule has 0 spiro atoms. The van der Waals surface area contributed by atoms with E-state index in [9.17, 15) is 4.79 Å². The maximum atomic E-state index is 11.7. The Kier molecular flexibility index (Phi) is 12.5. The van der Waals surface area contributed by atoms with Crippen LogP contribution in [0.2, 0.25) is 0 Å². The summed E-state index contributed by atoms with van der Waals surface area (Å²) in [5, 5.41) is 9.28. The van der Waals surface area contributed by atoms with Crippen molar-refractivity contribution in [3.63, 3.8) is 0 Å². The zero-order valence-corrected chi connectivity index (χ0v) is 19.4. The minimum Gasteiger partial charge on any atom is -0.444 e. The third-order valence-corrected chi connectivity index (χ3v) is 3.74. The Balaban J connectivity index is 0.00000625. The van der Waals surface area contributed by atoms with E-state index in [0.717, 1.165) is 36.9 Å². The van der Waals surface area contributed by atoms with Gasteiger partial charge in [0.1, 0.15) is 5.60 Å². The molecule has 148 valence electrons. The summed E-state index contributed by atoms with van der Waals surface area (Å²) < 4.78 is 5.23. The predicted molar refractivity (Wildman–Crippen MR) is 123 cm³/mol. The second-order valence-corrected chi connectivity index (χ2v) is 7.48. The number of nitrogens with one attached hydrogen (secondary N) is 3. The Bertz CT molecular complexity index is 559. The van der Waals surface area contributed by atoms with Crippen molar-refractivity contribution in [1.29, 1.82) is 0 Å². The highest BCUT2D eigenvalue weighted by atomic mass is 127. The van der Waals surface area contributed by atoms with E-state index in [1.54, 1.807) is 18.8 Å². The van der Waals surface area contributed by atoms with Gasteiger partial charge in [-0.3, -0.25) is 10.3 Å². The highest BCUT2D eigenvalue weighted by Crippen LogP contribution is 2.13. The van der Waals surface area contributed by atoms with Crippen molar-refractivity contribution in [1.82, 2.24) is 10.6 Å². The average molecular weight is 494 g/mol. The molecule has 6 nitrogen and oxygen atoms in total. The summed E-state index contributed by atoms with van der Waals surface area (Å²) >= 11 is 1.80. The first-order chi connectivity index (χ1) is 11.8. The van der Waals surface area contributed by atoms with Crippen LogP contribution in [0.3, 0.4) is 0 Å². The molecule has 0 radical (unpaired) electrons. The number of benzene rings is 1. The van der Waals surface area contributed by atoms with Gasteiger partial charge < -0.3 is 15.4 Å². The molecule has 8 heteroatoms. The molecule has 1 aromatic rings. The molecule has 0 bridgehead atoms. The molecule has 0 aliphatic heterocycles. The lowest BCUT2D eigenvalue weighted by Crippen LogP contribution is -2.39. The molecule has 0 saturated heterocycles. The molecule has 26 heavy (non-hydrogen) atoms. The van der Waals surface area contributed by atoms with Gasteiger partial charge in [-0.05, 0) is 51.1 Å². The minimum absolute atomic E-state index is 0. The summed E-state index contributed by atoms with van der Waals surface area (Å²) in [4.78, 5) is 15.9. The smallest absolute Gasteiger partial charge is 0.412 e. The van der Waals surface area contributed by atoms with Crippen LogP contribution >= 0.6 is 35.7 Å². The molecule has 0 saturated carbocycles. The fraction of sp³-hybridized carbons (Fsp3) is 0.556. The molecule has 0 aliphatic rings. The van der Waals surface area contributed by atoms with E-state index in [4.69, 9.17) is 4.74 Å². The number of nitrogens with zero attached hydrogens (tertiary/aromatic N) is 1. The number of amides is 1. The number of hydrogen-bond acceptors (Lipinski definition) is 4.